The monoisotopic (exact) mass is 229 g/mol. The van der Waals surface area contributed by atoms with Crippen molar-refractivity contribution in [3.05, 3.63) is 54.1 Å². The number of methoxy groups -OCH3 is 1. The van der Waals surface area contributed by atoms with E-state index in [0.717, 1.165) is 17.1 Å². The van der Waals surface area contributed by atoms with Gasteiger partial charge in [0.15, 0.2) is 0 Å². The minimum atomic E-state index is -0.0626. The summed E-state index contributed by atoms with van der Waals surface area (Å²) in [5.41, 5.74) is 1.03. The van der Waals surface area contributed by atoms with Gasteiger partial charge in [-0.25, -0.2) is 9.97 Å². The van der Waals surface area contributed by atoms with Crippen molar-refractivity contribution in [1.29, 1.82) is 0 Å². The van der Waals surface area contributed by atoms with Crippen LogP contribution in [0.25, 0.3) is 0 Å². The molecule has 1 aromatic carbocycles. The Kier molecular flexibility index (Phi) is 3.67. The highest BCUT2D eigenvalue weighted by molar-refractivity contribution is 5.38. The highest BCUT2D eigenvalue weighted by atomic mass is 16.5. The maximum absolute atomic E-state index is 5.35. The minimum absolute atomic E-state index is 0.0626. The number of hydrogen-bond acceptors (Lipinski definition) is 4. The van der Waals surface area contributed by atoms with E-state index in [-0.39, 0.29) is 6.04 Å². The molecule has 0 radical (unpaired) electrons. The quantitative estimate of drug-likeness (QED) is 0.868. The van der Waals surface area contributed by atoms with E-state index in [1.807, 2.05) is 31.3 Å². The second kappa shape index (κ2) is 5.41. The molecule has 0 aliphatic carbocycles. The molecule has 0 aliphatic rings. The van der Waals surface area contributed by atoms with E-state index in [2.05, 4.69) is 15.3 Å². The third-order valence-corrected chi connectivity index (χ3v) is 2.58. The molecule has 1 N–H and O–H groups in total. The van der Waals surface area contributed by atoms with Crippen molar-refractivity contribution in [3.8, 4) is 5.75 Å². The molecule has 1 aromatic heterocycles. The normalized spacial score (nSPS) is 12.1. The summed E-state index contributed by atoms with van der Waals surface area (Å²) in [6, 6.07) is 9.61. The van der Waals surface area contributed by atoms with Crippen molar-refractivity contribution in [2.45, 2.75) is 6.04 Å². The zero-order valence-corrected chi connectivity index (χ0v) is 9.92. The van der Waals surface area contributed by atoms with Crippen molar-refractivity contribution in [3.63, 3.8) is 0 Å². The molecule has 0 spiro atoms. The number of rotatable bonds is 4. The van der Waals surface area contributed by atoms with E-state index in [0.29, 0.717) is 0 Å². The maximum Gasteiger partial charge on any atom is 0.149 e. The first-order chi connectivity index (χ1) is 8.36. The summed E-state index contributed by atoms with van der Waals surface area (Å²) >= 11 is 0. The van der Waals surface area contributed by atoms with Gasteiger partial charge in [-0.2, -0.15) is 0 Å². The fraction of sp³-hybridized carbons (Fsp3) is 0.231. The molecule has 0 bridgehead atoms. The molecule has 4 heteroatoms. The average molecular weight is 229 g/mol. The van der Waals surface area contributed by atoms with E-state index in [1.165, 1.54) is 0 Å². The molecule has 1 atom stereocenters. The van der Waals surface area contributed by atoms with Gasteiger partial charge in [-0.3, -0.25) is 0 Å². The summed E-state index contributed by atoms with van der Waals surface area (Å²) in [5, 5.41) is 3.20. The van der Waals surface area contributed by atoms with Crippen LogP contribution < -0.4 is 10.1 Å². The van der Waals surface area contributed by atoms with Gasteiger partial charge in [-0.15, -0.1) is 0 Å². The first kappa shape index (κ1) is 11.5. The number of benzene rings is 1. The predicted octanol–water partition coefficient (Wildman–Crippen LogP) is 1.79. The Morgan fingerprint density at radius 2 is 1.82 bits per heavy atom. The number of aromatic nitrogens is 2. The van der Waals surface area contributed by atoms with Gasteiger partial charge in [0.25, 0.3) is 0 Å². The largest absolute Gasteiger partial charge is 0.496 e. The molecule has 0 saturated carbocycles. The van der Waals surface area contributed by atoms with Gasteiger partial charge in [0.1, 0.15) is 11.6 Å². The highest BCUT2D eigenvalue weighted by Gasteiger charge is 2.17. The highest BCUT2D eigenvalue weighted by Crippen LogP contribution is 2.27. The van der Waals surface area contributed by atoms with Crippen molar-refractivity contribution in [1.82, 2.24) is 15.3 Å². The fourth-order valence-electron chi connectivity index (χ4n) is 1.79. The molecule has 0 aliphatic heterocycles. The molecule has 0 fully saturated rings. The first-order valence-electron chi connectivity index (χ1n) is 5.44. The summed E-state index contributed by atoms with van der Waals surface area (Å²) in [4.78, 5) is 8.55. The van der Waals surface area contributed by atoms with Crippen molar-refractivity contribution in [2.24, 2.45) is 0 Å². The molecule has 4 nitrogen and oxygen atoms in total. The van der Waals surface area contributed by atoms with Gasteiger partial charge < -0.3 is 10.1 Å². The lowest BCUT2D eigenvalue weighted by Gasteiger charge is -2.17. The lowest BCUT2D eigenvalue weighted by atomic mass is 10.1. The topological polar surface area (TPSA) is 47.0 Å². The van der Waals surface area contributed by atoms with E-state index in [4.69, 9.17) is 4.74 Å². The van der Waals surface area contributed by atoms with Gasteiger partial charge in [0.05, 0.1) is 13.2 Å². The van der Waals surface area contributed by atoms with Gasteiger partial charge in [0.2, 0.25) is 0 Å². The number of ether oxygens (including phenoxy) is 1. The Balaban J connectivity index is 2.42. The summed E-state index contributed by atoms with van der Waals surface area (Å²) in [6.45, 7) is 0. The number of nitrogens with one attached hydrogen (secondary N) is 1. The Hall–Kier alpha value is -1.94. The minimum Gasteiger partial charge on any atom is -0.496 e. The van der Waals surface area contributed by atoms with Gasteiger partial charge >= 0.3 is 0 Å². The predicted molar refractivity (Wildman–Crippen MR) is 65.9 cm³/mol. The average Bonchev–Trinajstić information content (AvgIpc) is 2.41. The van der Waals surface area contributed by atoms with Crippen LogP contribution in [-0.4, -0.2) is 24.1 Å². The smallest absolute Gasteiger partial charge is 0.149 e. The molecule has 17 heavy (non-hydrogen) atoms. The molecule has 1 heterocycles. The molecular formula is C13H15N3O. The van der Waals surface area contributed by atoms with Crippen LogP contribution in [0.15, 0.2) is 42.7 Å². The van der Waals surface area contributed by atoms with Crippen LogP contribution in [0, 0.1) is 0 Å². The Morgan fingerprint density at radius 3 is 2.47 bits per heavy atom. The van der Waals surface area contributed by atoms with Crippen LogP contribution in [0.3, 0.4) is 0 Å². The van der Waals surface area contributed by atoms with E-state index in [1.54, 1.807) is 25.6 Å². The Morgan fingerprint density at radius 1 is 1.12 bits per heavy atom. The SMILES string of the molecule is CNC(c1ncccn1)c1ccccc1OC. The van der Waals surface area contributed by atoms with Gasteiger partial charge in [0, 0.05) is 18.0 Å². The Labute approximate surface area is 101 Å². The van der Waals surface area contributed by atoms with E-state index >= 15 is 0 Å². The third kappa shape index (κ3) is 2.42. The van der Waals surface area contributed by atoms with Crippen LogP contribution in [0.5, 0.6) is 5.75 Å². The summed E-state index contributed by atoms with van der Waals surface area (Å²) in [5.74, 6) is 1.57. The lowest BCUT2D eigenvalue weighted by molar-refractivity contribution is 0.404. The van der Waals surface area contributed by atoms with Crippen molar-refractivity contribution in [2.75, 3.05) is 14.2 Å². The van der Waals surface area contributed by atoms with Gasteiger partial charge in [-0.05, 0) is 19.2 Å². The molecule has 1 unspecified atom stereocenters. The van der Waals surface area contributed by atoms with Gasteiger partial charge in [-0.1, -0.05) is 18.2 Å². The van der Waals surface area contributed by atoms with Crippen LogP contribution in [0.4, 0.5) is 0 Å². The van der Waals surface area contributed by atoms with Crippen molar-refractivity contribution >= 4 is 0 Å². The van der Waals surface area contributed by atoms with Crippen molar-refractivity contribution < 1.29 is 4.74 Å². The molecule has 2 aromatic rings. The summed E-state index contributed by atoms with van der Waals surface area (Å²) < 4.78 is 5.35. The Bertz CT molecular complexity index is 473. The zero-order chi connectivity index (χ0) is 12.1. The molecule has 0 saturated heterocycles. The number of para-hydroxylation sites is 1. The summed E-state index contributed by atoms with van der Waals surface area (Å²) in [7, 11) is 3.55. The van der Waals surface area contributed by atoms with Crippen LogP contribution in [0.2, 0.25) is 0 Å². The molecule has 88 valence electrons. The zero-order valence-electron chi connectivity index (χ0n) is 9.92. The van der Waals surface area contributed by atoms with Crippen LogP contribution >= 0.6 is 0 Å². The van der Waals surface area contributed by atoms with Crippen LogP contribution in [-0.2, 0) is 0 Å². The molecule has 2 rings (SSSR count). The third-order valence-electron chi connectivity index (χ3n) is 2.58. The number of hydrogen-bond donors (Lipinski definition) is 1. The fourth-order valence-corrected chi connectivity index (χ4v) is 1.79. The molecule has 0 amide bonds. The van der Waals surface area contributed by atoms with E-state index in [9.17, 15) is 0 Å². The van der Waals surface area contributed by atoms with E-state index < -0.39 is 0 Å². The second-order valence-electron chi connectivity index (χ2n) is 3.57. The lowest BCUT2D eigenvalue weighted by Crippen LogP contribution is -2.20. The first-order valence-corrected chi connectivity index (χ1v) is 5.44. The summed E-state index contributed by atoms with van der Waals surface area (Å²) in [6.07, 6.45) is 3.48. The maximum atomic E-state index is 5.35. The standard InChI is InChI=1S/C13H15N3O/c1-14-12(13-15-8-5-9-16-13)10-6-3-4-7-11(10)17-2/h3-9,12,14H,1-2H3. The molecular weight excluding hydrogens is 214 g/mol. The van der Waals surface area contributed by atoms with Crippen LogP contribution in [0.1, 0.15) is 17.4 Å². The number of nitrogens with zero attached hydrogens (tertiary/aromatic N) is 2. The second-order valence-corrected chi connectivity index (χ2v) is 3.57.